The Morgan fingerprint density at radius 1 is 1.06 bits per heavy atom. The van der Waals surface area contributed by atoms with Crippen molar-refractivity contribution >= 4 is 11.6 Å². The third kappa shape index (κ3) is 1.91. The van der Waals surface area contributed by atoms with E-state index in [4.69, 9.17) is 11.6 Å². The van der Waals surface area contributed by atoms with Gasteiger partial charge in [-0.1, -0.05) is 0 Å². The molecule has 0 amide bonds. The molecule has 0 aliphatic heterocycles. The predicted octanol–water partition coefficient (Wildman–Crippen LogP) is 3.42. The van der Waals surface area contributed by atoms with Crippen LogP contribution >= 0.6 is 11.6 Å². The summed E-state index contributed by atoms with van der Waals surface area (Å²) in [4.78, 5) is 8.51. The van der Waals surface area contributed by atoms with Crippen molar-refractivity contribution in [2.75, 3.05) is 0 Å². The molecule has 0 radical (unpaired) electrons. The Morgan fingerprint density at radius 3 is 2.59 bits per heavy atom. The third-order valence-electron chi connectivity index (χ3n) is 3.02. The van der Waals surface area contributed by atoms with E-state index in [2.05, 4.69) is 9.97 Å². The summed E-state index contributed by atoms with van der Waals surface area (Å²) in [7, 11) is 0. The summed E-state index contributed by atoms with van der Waals surface area (Å²) in [6, 6.07) is 6.33. The van der Waals surface area contributed by atoms with Gasteiger partial charge in [0, 0.05) is 16.8 Å². The number of rotatable bonds is 1. The maximum Gasteiger partial charge on any atom is 0.223 e. The second-order valence-corrected chi connectivity index (χ2v) is 4.46. The Kier molecular flexibility index (Phi) is 2.56. The van der Waals surface area contributed by atoms with Gasteiger partial charge in [-0.25, -0.2) is 14.4 Å². The number of aryl methyl sites for hydroxylation is 1. The lowest BCUT2D eigenvalue weighted by Crippen LogP contribution is -1.97. The van der Waals surface area contributed by atoms with Crippen molar-refractivity contribution < 1.29 is 4.39 Å². The van der Waals surface area contributed by atoms with Crippen LogP contribution in [0.2, 0.25) is 5.28 Å². The molecule has 0 unspecified atom stereocenters. The van der Waals surface area contributed by atoms with E-state index in [1.54, 1.807) is 12.1 Å². The van der Waals surface area contributed by atoms with Crippen LogP contribution in [-0.2, 0) is 12.8 Å². The summed E-state index contributed by atoms with van der Waals surface area (Å²) in [6.07, 6.45) is 3.00. The molecular weight excluding hydrogens is 239 g/mol. The van der Waals surface area contributed by atoms with Gasteiger partial charge in [-0.05, 0) is 55.1 Å². The minimum atomic E-state index is -0.245. The monoisotopic (exact) mass is 248 g/mol. The topological polar surface area (TPSA) is 25.8 Å². The van der Waals surface area contributed by atoms with E-state index in [0.29, 0.717) is 0 Å². The molecule has 2 nitrogen and oxygen atoms in total. The maximum absolute atomic E-state index is 12.9. The molecule has 1 aliphatic carbocycles. The first-order valence-electron chi connectivity index (χ1n) is 5.55. The van der Waals surface area contributed by atoms with Crippen LogP contribution in [0.25, 0.3) is 11.3 Å². The number of fused-ring (bicyclic) bond motifs is 1. The van der Waals surface area contributed by atoms with Crippen LogP contribution in [0.1, 0.15) is 17.7 Å². The van der Waals surface area contributed by atoms with Crippen LogP contribution in [0.4, 0.5) is 4.39 Å². The summed E-state index contributed by atoms with van der Waals surface area (Å²) < 4.78 is 12.9. The lowest BCUT2D eigenvalue weighted by atomic mass is 10.1. The zero-order valence-corrected chi connectivity index (χ0v) is 9.84. The molecule has 2 aromatic rings. The summed E-state index contributed by atoms with van der Waals surface area (Å²) in [6.45, 7) is 0. The molecule has 4 heteroatoms. The number of benzene rings is 1. The Bertz CT molecular complexity index is 566. The highest BCUT2D eigenvalue weighted by molar-refractivity contribution is 6.28. The van der Waals surface area contributed by atoms with Crippen LogP contribution in [0, 0.1) is 5.82 Å². The Labute approximate surface area is 103 Å². The number of halogens is 2. The highest BCUT2D eigenvalue weighted by Crippen LogP contribution is 2.30. The van der Waals surface area contributed by atoms with E-state index >= 15 is 0 Å². The van der Waals surface area contributed by atoms with Gasteiger partial charge < -0.3 is 0 Å². The summed E-state index contributed by atoms with van der Waals surface area (Å²) in [5.41, 5.74) is 3.93. The van der Waals surface area contributed by atoms with E-state index < -0.39 is 0 Å². The van der Waals surface area contributed by atoms with Gasteiger partial charge in [0.25, 0.3) is 0 Å². The van der Waals surface area contributed by atoms with E-state index in [1.807, 2.05) is 0 Å². The molecule has 1 aliphatic rings. The summed E-state index contributed by atoms with van der Waals surface area (Å²) in [5, 5.41) is 0.268. The SMILES string of the molecule is Fc1ccc(-c2nc(Cl)nc3c2CCC3)cc1. The second-order valence-electron chi connectivity index (χ2n) is 4.13. The van der Waals surface area contributed by atoms with E-state index in [-0.39, 0.29) is 11.1 Å². The van der Waals surface area contributed by atoms with Crippen LogP contribution in [-0.4, -0.2) is 9.97 Å². The Morgan fingerprint density at radius 2 is 1.82 bits per heavy atom. The van der Waals surface area contributed by atoms with Gasteiger partial charge in [0.1, 0.15) is 5.82 Å². The fourth-order valence-electron chi connectivity index (χ4n) is 2.25. The fraction of sp³-hybridized carbons (Fsp3) is 0.231. The van der Waals surface area contributed by atoms with Crippen molar-refractivity contribution in [2.24, 2.45) is 0 Å². The average molecular weight is 249 g/mol. The zero-order valence-electron chi connectivity index (χ0n) is 9.08. The van der Waals surface area contributed by atoms with Crippen LogP contribution in [0.15, 0.2) is 24.3 Å². The Balaban J connectivity index is 2.17. The van der Waals surface area contributed by atoms with Crippen molar-refractivity contribution in [3.63, 3.8) is 0 Å². The molecule has 1 aromatic carbocycles. The zero-order chi connectivity index (χ0) is 11.8. The van der Waals surface area contributed by atoms with Gasteiger partial charge in [-0.15, -0.1) is 0 Å². The highest BCUT2D eigenvalue weighted by Gasteiger charge is 2.19. The molecule has 86 valence electrons. The average Bonchev–Trinajstić information content (AvgIpc) is 2.77. The molecule has 0 atom stereocenters. The molecule has 0 N–H and O–H groups in total. The molecule has 3 rings (SSSR count). The quantitative estimate of drug-likeness (QED) is 0.723. The smallest absolute Gasteiger partial charge is 0.223 e. The van der Waals surface area contributed by atoms with Gasteiger partial charge >= 0.3 is 0 Å². The van der Waals surface area contributed by atoms with Crippen molar-refractivity contribution in [1.82, 2.24) is 9.97 Å². The van der Waals surface area contributed by atoms with E-state index in [9.17, 15) is 4.39 Å². The molecule has 1 aromatic heterocycles. The summed E-state index contributed by atoms with van der Waals surface area (Å²) in [5.74, 6) is -0.245. The first-order valence-corrected chi connectivity index (χ1v) is 5.93. The normalized spacial score (nSPS) is 13.8. The maximum atomic E-state index is 12.9. The van der Waals surface area contributed by atoms with Crippen LogP contribution in [0.3, 0.4) is 0 Å². The number of hydrogen-bond donors (Lipinski definition) is 0. The fourth-order valence-corrected chi connectivity index (χ4v) is 2.44. The Hall–Kier alpha value is -1.48. The molecule has 0 spiro atoms. The second kappa shape index (κ2) is 4.08. The predicted molar refractivity (Wildman–Crippen MR) is 64.5 cm³/mol. The molecular formula is C13H10ClFN2. The van der Waals surface area contributed by atoms with E-state index in [0.717, 1.165) is 41.8 Å². The minimum absolute atomic E-state index is 0.245. The van der Waals surface area contributed by atoms with Gasteiger partial charge in [-0.3, -0.25) is 0 Å². The lowest BCUT2D eigenvalue weighted by molar-refractivity contribution is 0.628. The van der Waals surface area contributed by atoms with Gasteiger partial charge in [-0.2, -0.15) is 0 Å². The van der Waals surface area contributed by atoms with Gasteiger partial charge in [0.15, 0.2) is 0 Å². The molecule has 0 bridgehead atoms. The highest BCUT2D eigenvalue weighted by atomic mass is 35.5. The van der Waals surface area contributed by atoms with Crippen molar-refractivity contribution in [2.45, 2.75) is 19.3 Å². The first-order chi connectivity index (χ1) is 8.24. The summed E-state index contributed by atoms with van der Waals surface area (Å²) >= 11 is 5.91. The largest absolute Gasteiger partial charge is 0.223 e. The number of aromatic nitrogens is 2. The van der Waals surface area contributed by atoms with E-state index in [1.165, 1.54) is 12.1 Å². The molecule has 1 heterocycles. The lowest BCUT2D eigenvalue weighted by Gasteiger charge is -2.07. The van der Waals surface area contributed by atoms with Gasteiger partial charge in [0.2, 0.25) is 5.28 Å². The van der Waals surface area contributed by atoms with Crippen molar-refractivity contribution in [3.8, 4) is 11.3 Å². The minimum Gasteiger partial charge on any atom is -0.223 e. The third-order valence-corrected chi connectivity index (χ3v) is 3.19. The molecule has 0 fully saturated rings. The van der Waals surface area contributed by atoms with Crippen LogP contribution in [0.5, 0.6) is 0 Å². The van der Waals surface area contributed by atoms with Gasteiger partial charge in [0.05, 0.1) is 5.69 Å². The standard InChI is InChI=1S/C13H10ClFN2/c14-13-16-11-3-1-2-10(11)12(17-13)8-4-6-9(15)7-5-8/h4-7H,1-3H2. The molecule has 0 saturated heterocycles. The van der Waals surface area contributed by atoms with Crippen molar-refractivity contribution in [3.05, 3.63) is 46.6 Å². The number of hydrogen-bond acceptors (Lipinski definition) is 2. The number of nitrogens with zero attached hydrogens (tertiary/aromatic N) is 2. The van der Waals surface area contributed by atoms with Crippen LogP contribution < -0.4 is 0 Å². The molecule has 17 heavy (non-hydrogen) atoms. The molecule has 0 saturated carbocycles. The van der Waals surface area contributed by atoms with Crippen molar-refractivity contribution in [1.29, 1.82) is 0 Å². The first kappa shape index (κ1) is 10.7.